The first kappa shape index (κ1) is 12.2. The average Bonchev–Trinajstić information content (AvgIpc) is 2.26. The zero-order chi connectivity index (χ0) is 11.1. The highest BCUT2D eigenvalue weighted by atomic mass is 79.9. The van der Waals surface area contributed by atoms with Crippen LogP contribution >= 0.6 is 15.9 Å². The molecular weight excluding hydrogens is 260 g/mol. The van der Waals surface area contributed by atoms with Crippen molar-refractivity contribution in [1.29, 1.82) is 0 Å². The molecule has 3 N–H and O–H groups in total. The van der Waals surface area contributed by atoms with E-state index in [0.717, 1.165) is 17.3 Å². The normalized spacial score (nSPS) is 10.1. The molecule has 0 unspecified atom stereocenters. The van der Waals surface area contributed by atoms with Crippen LogP contribution in [0.5, 0.6) is 5.88 Å². The van der Waals surface area contributed by atoms with E-state index >= 15 is 0 Å². The maximum absolute atomic E-state index is 5.49. The number of aromatic nitrogens is 2. The molecule has 5 nitrogen and oxygen atoms in total. The molecule has 0 bridgehead atoms. The van der Waals surface area contributed by atoms with E-state index in [1.165, 1.54) is 6.42 Å². The van der Waals surface area contributed by atoms with Crippen LogP contribution in [0.4, 0.5) is 5.95 Å². The zero-order valence-corrected chi connectivity index (χ0v) is 10.2. The molecule has 0 radical (unpaired) electrons. The third-order valence-electron chi connectivity index (χ3n) is 1.83. The van der Waals surface area contributed by atoms with E-state index in [1.54, 1.807) is 6.20 Å². The van der Waals surface area contributed by atoms with Crippen LogP contribution in [0.1, 0.15) is 26.2 Å². The van der Waals surface area contributed by atoms with Gasteiger partial charge in [0.15, 0.2) is 0 Å². The minimum Gasteiger partial charge on any atom is -0.477 e. The fourth-order valence-electron chi connectivity index (χ4n) is 1.04. The summed E-state index contributed by atoms with van der Waals surface area (Å²) >= 11 is 3.31. The Labute approximate surface area is 97.5 Å². The SMILES string of the molecule is CCCCCOc1nc(NN)ncc1Br. The molecule has 0 spiro atoms. The van der Waals surface area contributed by atoms with Crippen LogP contribution in [0, 0.1) is 0 Å². The lowest BCUT2D eigenvalue weighted by Crippen LogP contribution is -2.11. The number of nitrogens with two attached hydrogens (primary N) is 1. The summed E-state index contributed by atoms with van der Waals surface area (Å²) in [6.45, 7) is 2.81. The van der Waals surface area contributed by atoms with Crippen LogP contribution in [-0.2, 0) is 0 Å². The number of nitrogens with one attached hydrogen (secondary N) is 1. The molecule has 1 heterocycles. The molecule has 0 aliphatic rings. The molecule has 84 valence electrons. The number of halogens is 1. The predicted octanol–water partition coefficient (Wildman–Crippen LogP) is 2.09. The second kappa shape index (κ2) is 6.58. The lowest BCUT2D eigenvalue weighted by molar-refractivity contribution is 0.293. The van der Waals surface area contributed by atoms with Crippen molar-refractivity contribution in [1.82, 2.24) is 9.97 Å². The number of nitrogens with zero attached hydrogens (tertiary/aromatic N) is 2. The number of ether oxygens (including phenoxy) is 1. The summed E-state index contributed by atoms with van der Waals surface area (Å²) in [6, 6.07) is 0. The Morgan fingerprint density at radius 1 is 1.53 bits per heavy atom. The molecule has 1 rings (SSSR count). The van der Waals surface area contributed by atoms with Crippen LogP contribution in [-0.4, -0.2) is 16.6 Å². The van der Waals surface area contributed by atoms with Gasteiger partial charge in [-0.25, -0.2) is 10.8 Å². The second-order valence-corrected chi connectivity index (χ2v) is 3.90. The molecule has 0 amide bonds. The van der Waals surface area contributed by atoms with Gasteiger partial charge in [-0.15, -0.1) is 0 Å². The molecule has 0 aliphatic carbocycles. The molecule has 0 saturated carbocycles. The van der Waals surface area contributed by atoms with Gasteiger partial charge in [0.25, 0.3) is 0 Å². The Kier molecular flexibility index (Phi) is 5.34. The highest BCUT2D eigenvalue weighted by Gasteiger charge is 2.04. The Bertz CT molecular complexity index is 308. The summed E-state index contributed by atoms with van der Waals surface area (Å²) in [5.41, 5.74) is 2.37. The number of hydrogen-bond donors (Lipinski definition) is 2. The first-order valence-electron chi connectivity index (χ1n) is 4.90. The van der Waals surface area contributed by atoms with Crippen LogP contribution in [0.25, 0.3) is 0 Å². The summed E-state index contributed by atoms with van der Waals surface area (Å²) in [4.78, 5) is 8.00. The maximum Gasteiger partial charge on any atom is 0.240 e. The molecule has 1 aromatic heterocycles. The molecule has 1 aromatic rings. The molecule has 0 atom stereocenters. The molecule has 0 saturated heterocycles. The molecule has 15 heavy (non-hydrogen) atoms. The minimum atomic E-state index is 0.351. The van der Waals surface area contributed by atoms with Crippen molar-refractivity contribution in [2.24, 2.45) is 5.84 Å². The number of nitrogen functional groups attached to an aromatic ring is 1. The number of rotatable bonds is 6. The van der Waals surface area contributed by atoms with E-state index < -0.39 is 0 Å². The van der Waals surface area contributed by atoms with Crippen molar-refractivity contribution in [3.63, 3.8) is 0 Å². The largest absolute Gasteiger partial charge is 0.477 e. The fraction of sp³-hybridized carbons (Fsp3) is 0.556. The second-order valence-electron chi connectivity index (χ2n) is 3.05. The molecule has 0 aliphatic heterocycles. The number of unbranched alkanes of at least 4 members (excludes halogenated alkanes) is 2. The summed E-state index contributed by atoms with van der Waals surface area (Å²) in [7, 11) is 0. The third kappa shape index (κ3) is 4.01. The van der Waals surface area contributed by atoms with Gasteiger partial charge in [-0.3, -0.25) is 5.43 Å². The summed E-state index contributed by atoms with van der Waals surface area (Å²) in [6.07, 6.45) is 4.96. The first-order valence-corrected chi connectivity index (χ1v) is 5.69. The summed E-state index contributed by atoms with van der Waals surface area (Å²) in [5, 5.41) is 0. The standard InChI is InChI=1S/C9H15BrN4O/c1-2-3-4-5-15-8-7(10)6-12-9(13-8)14-11/h6H,2-5,11H2,1H3,(H,12,13,14). The van der Waals surface area contributed by atoms with E-state index in [1.807, 2.05) is 0 Å². The first-order chi connectivity index (χ1) is 7.27. The van der Waals surface area contributed by atoms with Gasteiger partial charge in [-0.05, 0) is 22.4 Å². The summed E-state index contributed by atoms with van der Waals surface area (Å²) < 4.78 is 6.22. The molecular formula is C9H15BrN4O. The van der Waals surface area contributed by atoms with E-state index in [-0.39, 0.29) is 0 Å². The van der Waals surface area contributed by atoms with Gasteiger partial charge in [0.2, 0.25) is 11.8 Å². The number of hydrazine groups is 1. The van der Waals surface area contributed by atoms with Gasteiger partial charge in [0.05, 0.1) is 17.3 Å². The third-order valence-corrected chi connectivity index (χ3v) is 2.37. The van der Waals surface area contributed by atoms with Gasteiger partial charge in [-0.1, -0.05) is 19.8 Å². The van der Waals surface area contributed by atoms with Gasteiger partial charge in [0.1, 0.15) is 0 Å². The smallest absolute Gasteiger partial charge is 0.240 e. The van der Waals surface area contributed by atoms with Crippen molar-refractivity contribution in [2.45, 2.75) is 26.2 Å². The number of anilines is 1. The van der Waals surface area contributed by atoms with Crippen LogP contribution < -0.4 is 16.0 Å². The molecule has 0 aromatic carbocycles. The highest BCUT2D eigenvalue weighted by molar-refractivity contribution is 9.10. The van der Waals surface area contributed by atoms with Crippen LogP contribution in [0.15, 0.2) is 10.7 Å². The quantitative estimate of drug-likeness (QED) is 0.472. The Morgan fingerprint density at radius 3 is 3.00 bits per heavy atom. The average molecular weight is 275 g/mol. The zero-order valence-electron chi connectivity index (χ0n) is 8.66. The van der Waals surface area contributed by atoms with Crippen molar-refractivity contribution >= 4 is 21.9 Å². The lowest BCUT2D eigenvalue weighted by atomic mass is 10.3. The van der Waals surface area contributed by atoms with E-state index in [0.29, 0.717) is 18.4 Å². The van der Waals surface area contributed by atoms with Crippen molar-refractivity contribution in [3.05, 3.63) is 10.7 Å². The van der Waals surface area contributed by atoms with Gasteiger partial charge < -0.3 is 4.74 Å². The van der Waals surface area contributed by atoms with Gasteiger partial charge in [-0.2, -0.15) is 4.98 Å². The van der Waals surface area contributed by atoms with Crippen molar-refractivity contribution < 1.29 is 4.74 Å². The summed E-state index contributed by atoms with van der Waals surface area (Å²) in [5.74, 6) is 6.07. The van der Waals surface area contributed by atoms with Crippen LogP contribution in [0.2, 0.25) is 0 Å². The Morgan fingerprint density at radius 2 is 2.33 bits per heavy atom. The Hall–Kier alpha value is -0.880. The molecule has 0 fully saturated rings. The van der Waals surface area contributed by atoms with Crippen molar-refractivity contribution in [2.75, 3.05) is 12.0 Å². The van der Waals surface area contributed by atoms with E-state index in [2.05, 4.69) is 38.2 Å². The van der Waals surface area contributed by atoms with Crippen LogP contribution in [0.3, 0.4) is 0 Å². The number of hydrogen-bond acceptors (Lipinski definition) is 5. The monoisotopic (exact) mass is 274 g/mol. The van der Waals surface area contributed by atoms with Crippen molar-refractivity contribution in [3.8, 4) is 5.88 Å². The van der Waals surface area contributed by atoms with E-state index in [4.69, 9.17) is 10.6 Å². The predicted molar refractivity (Wildman–Crippen MR) is 62.6 cm³/mol. The van der Waals surface area contributed by atoms with E-state index in [9.17, 15) is 0 Å². The minimum absolute atomic E-state index is 0.351. The Balaban J connectivity index is 2.51. The highest BCUT2D eigenvalue weighted by Crippen LogP contribution is 2.22. The van der Waals surface area contributed by atoms with Gasteiger partial charge in [0, 0.05) is 0 Å². The lowest BCUT2D eigenvalue weighted by Gasteiger charge is -2.07. The van der Waals surface area contributed by atoms with Gasteiger partial charge >= 0.3 is 0 Å². The topological polar surface area (TPSA) is 73.1 Å². The fourth-order valence-corrected chi connectivity index (χ4v) is 1.35. The maximum atomic E-state index is 5.49. The molecule has 6 heteroatoms.